The van der Waals surface area contributed by atoms with Gasteiger partial charge in [-0.3, -0.25) is 0 Å². The van der Waals surface area contributed by atoms with Crippen molar-refractivity contribution in [2.75, 3.05) is 6.26 Å². The molecule has 0 amide bonds. The predicted molar refractivity (Wildman–Crippen MR) is 122 cm³/mol. The van der Waals surface area contributed by atoms with Crippen LogP contribution >= 0.6 is 23.4 Å². The third-order valence-electron chi connectivity index (χ3n) is 5.74. The van der Waals surface area contributed by atoms with E-state index in [1.54, 1.807) is 11.8 Å². The van der Waals surface area contributed by atoms with Crippen molar-refractivity contribution in [1.29, 1.82) is 0 Å². The summed E-state index contributed by atoms with van der Waals surface area (Å²) in [7, 11) is 0. The number of carbonyl (C=O) groups is 1. The van der Waals surface area contributed by atoms with Gasteiger partial charge in [-0.25, -0.2) is 4.79 Å². The number of rotatable bonds is 5. The molecule has 0 radical (unpaired) electrons. The summed E-state index contributed by atoms with van der Waals surface area (Å²) in [5, 5.41) is 11.8. The molecule has 1 aliphatic heterocycles. The number of hydrogen-bond acceptors (Lipinski definition) is 2. The van der Waals surface area contributed by atoms with E-state index in [-0.39, 0.29) is 0 Å². The van der Waals surface area contributed by atoms with Crippen molar-refractivity contribution in [3.63, 3.8) is 0 Å². The number of carboxylic acids is 1. The highest BCUT2D eigenvalue weighted by atomic mass is 35.5. The van der Waals surface area contributed by atoms with Crippen LogP contribution in [0.25, 0.3) is 16.5 Å². The van der Waals surface area contributed by atoms with Crippen molar-refractivity contribution in [3.8, 4) is 0 Å². The summed E-state index contributed by atoms with van der Waals surface area (Å²) in [6, 6.07) is 14.4. The van der Waals surface area contributed by atoms with Crippen LogP contribution in [0.4, 0.5) is 0 Å². The number of nitrogens with zero attached hydrogens (tertiary/aromatic N) is 1. The van der Waals surface area contributed by atoms with E-state index in [9.17, 15) is 9.90 Å². The molecule has 1 aliphatic rings. The summed E-state index contributed by atoms with van der Waals surface area (Å²) >= 11 is 7.83. The fourth-order valence-corrected chi connectivity index (χ4v) is 5.27. The van der Waals surface area contributed by atoms with Gasteiger partial charge in [0, 0.05) is 45.1 Å². The molecule has 0 bridgehead atoms. The molecule has 0 saturated heterocycles. The molecule has 0 unspecified atom stereocenters. The highest BCUT2D eigenvalue weighted by Crippen LogP contribution is 2.42. The molecule has 0 aliphatic carbocycles. The fraction of sp³-hybridized carbons (Fsp3) is 0.292. The minimum Gasteiger partial charge on any atom is -0.478 e. The van der Waals surface area contributed by atoms with E-state index < -0.39 is 5.97 Å². The summed E-state index contributed by atoms with van der Waals surface area (Å²) in [5.74, 6) is -0.802. The van der Waals surface area contributed by atoms with E-state index in [1.807, 2.05) is 19.1 Å². The van der Waals surface area contributed by atoms with Crippen molar-refractivity contribution in [1.82, 2.24) is 4.57 Å². The normalized spacial score (nSPS) is 15.4. The number of fused-ring (bicyclic) bond motifs is 3. The number of benzene rings is 2. The quantitative estimate of drug-likeness (QED) is 0.367. The number of aromatic nitrogens is 1. The number of aryl methyl sites for hydroxylation is 1. The van der Waals surface area contributed by atoms with E-state index in [4.69, 9.17) is 11.6 Å². The lowest BCUT2D eigenvalue weighted by Crippen LogP contribution is -2.14. The summed E-state index contributed by atoms with van der Waals surface area (Å²) < 4.78 is 2.34. The van der Waals surface area contributed by atoms with Gasteiger partial charge in [-0.2, -0.15) is 0 Å². The number of thioether (sulfide) groups is 1. The SMILES string of the molecule is CCC(C(=O)O)=C1CCCn2c1c(Cc1ccc(Cl)cc1)c1c(SC)cccc12. The van der Waals surface area contributed by atoms with Crippen LogP contribution in [0.2, 0.25) is 5.02 Å². The lowest BCUT2D eigenvalue weighted by Gasteiger charge is -2.23. The maximum absolute atomic E-state index is 12.0. The summed E-state index contributed by atoms with van der Waals surface area (Å²) in [6.45, 7) is 2.86. The largest absolute Gasteiger partial charge is 0.478 e. The lowest BCUT2D eigenvalue weighted by atomic mass is 9.91. The first kappa shape index (κ1) is 20.1. The Morgan fingerprint density at radius 2 is 1.97 bits per heavy atom. The summed E-state index contributed by atoms with van der Waals surface area (Å²) in [5.41, 5.74) is 6.26. The monoisotopic (exact) mass is 425 g/mol. The van der Waals surface area contributed by atoms with Crippen LogP contribution in [-0.2, 0) is 17.8 Å². The van der Waals surface area contributed by atoms with Crippen LogP contribution in [0.15, 0.2) is 52.9 Å². The Morgan fingerprint density at radius 1 is 1.21 bits per heavy atom. The number of aliphatic carboxylic acids is 1. The van der Waals surface area contributed by atoms with Crippen molar-refractivity contribution >= 4 is 45.8 Å². The molecular weight excluding hydrogens is 402 g/mol. The molecule has 0 atom stereocenters. The van der Waals surface area contributed by atoms with Gasteiger partial charge in [0.25, 0.3) is 0 Å². The van der Waals surface area contributed by atoms with Gasteiger partial charge in [0.2, 0.25) is 0 Å². The Kier molecular flexibility index (Phi) is 5.75. The first-order valence-corrected chi connectivity index (χ1v) is 11.5. The van der Waals surface area contributed by atoms with Gasteiger partial charge < -0.3 is 9.67 Å². The van der Waals surface area contributed by atoms with Gasteiger partial charge >= 0.3 is 5.97 Å². The smallest absolute Gasteiger partial charge is 0.331 e. The molecule has 2 aromatic carbocycles. The van der Waals surface area contributed by atoms with Gasteiger partial charge in [-0.1, -0.05) is 36.7 Å². The topological polar surface area (TPSA) is 42.2 Å². The molecule has 5 heteroatoms. The highest BCUT2D eigenvalue weighted by Gasteiger charge is 2.28. The Hall–Kier alpha value is -2.17. The van der Waals surface area contributed by atoms with E-state index in [2.05, 4.69) is 41.2 Å². The van der Waals surface area contributed by atoms with Gasteiger partial charge in [-0.05, 0) is 66.5 Å². The summed E-state index contributed by atoms with van der Waals surface area (Å²) in [6.07, 6.45) is 5.17. The minimum absolute atomic E-state index is 0.530. The number of halogens is 1. The van der Waals surface area contributed by atoms with Crippen LogP contribution in [-0.4, -0.2) is 21.9 Å². The molecule has 1 aromatic heterocycles. The van der Waals surface area contributed by atoms with Crippen LogP contribution in [0.1, 0.15) is 43.0 Å². The number of hydrogen-bond donors (Lipinski definition) is 1. The maximum Gasteiger partial charge on any atom is 0.331 e. The zero-order valence-electron chi connectivity index (χ0n) is 16.7. The third kappa shape index (κ3) is 3.60. The molecule has 0 spiro atoms. The molecule has 3 aromatic rings. The number of allylic oxidation sites excluding steroid dienone is 1. The molecule has 4 rings (SSSR count). The van der Waals surface area contributed by atoms with Crippen molar-refractivity contribution < 1.29 is 9.90 Å². The Labute approximate surface area is 180 Å². The molecule has 1 N–H and O–H groups in total. The van der Waals surface area contributed by atoms with Gasteiger partial charge in [0.05, 0.1) is 0 Å². The van der Waals surface area contributed by atoms with Crippen molar-refractivity contribution in [2.24, 2.45) is 0 Å². The second-order valence-corrected chi connectivity index (χ2v) is 8.64. The second-order valence-electron chi connectivity index (χ2n) is 7.36. The third-order valence-corrected chi connectivity index (χ3v) is 6.77. The molecule has 0 saturated carbocycles. The highest BCUT2D eigenvalue weighted by molar-refractivity contribution is 7.98. The minimum atomic E-state index is -0.802. The van der Waals surface area contributed by atoms with E-state index in [0.29, 0.717) is 12.0 Å². The molecular formula is C24H24ClNO2S. The molecule has 3 nitrogen and oxygen atoms in total. The average Bonchev–Trinajstić information content (AvgIpc) is 3.04. The van der Waals surface area contributed by atoms with Gasteiger partial charge in [0.15, 0.2) is 0 Å². The second kappa shape index (κ2) is 8.29. The van der Waals surface area contributed by atoms with Crippen LogP contribution < -0.4 is 0 Å². The summed E-state index contributed by atoms with van der Waals surface area (Å²) in [4.78, 5) is 13.2. The fourth-order valence-electron chi connectivity index (χ4n) is 4.50. The molecule has 150 valence electrons. The van der Waals surface area contributed by atoms with Gasteiger partial charge in [-0.15, -0.1) is 11.8 Å². The van der Waals surface area contributed by atoms with Crippen LogP contribution in [0, 0.1) is 0 Å². The standard InChI is InChI=1S/C24H24ClNO2S/c1-3-17(24(27)28)18-6-5-13-26-20-7-4-8-21(29-2)22(20)19(23(18)26)14-15-9-11-16(25)12-10-15/h4,7-12H,3,5-6,13-14H2,1-2H3,(H,27,28). The Bertz CT molecular complexity index is 1110. The first-order chi connectivity index (χ1) is 14.0. The lowest BCUT2D eigenvalue weighted by molar-refractivity contribution is -0.132. The first-order valence-electron chi connectivity index (χ1n) is 9.93. The maximum atomic E-state index is 12.0. The zero-order valence-corrected chi connectivity index (χ0v) is 18.2. The molecule has 29 heavy (non-hydrogen) atoms. The Balaban J connectivity index is 2.04. The van der Waals surface area contributed by atoms with Crippen molar-refractivity contribution in [2.45, 2.75) is 44.0 Å². The zero-order chi connectivity index (χ0) is 20.5. The Morgan fingerprint density at radius 3 is 2.62 bits per heavy atom. The predicted octanol–water partition coefficient (Wildman–Crippen LogP) is 6.65. The molecule has 0 fully saturated rings. The number of carboxylic acid groups (broad SMARTS) is 1. The van der Waals surface area contributed by atoms with E-state index in [0.717, 1.165) is 42.1 Å². The van der Waals surface area contributed by atoms with Crippen molar-refractivity contribution in [3.05, 3.63) is 69.9 Å². The van der Waals surface area contributed by atoms with Crippen LogP contribution in [0.5, 0.6) is 0 Å². The van der Waals surface area contributed by atoms with Gasteiger partial charge in [0.1, 0.15) is 0 Å². The average molecular weight is 426 g/mol. The van der Waals surface area contributed by atoms with Crippen LogP contribution in [0.3, 0.4) is 0 Å². The molecule has 2 heterocycles. The van der Waals surface area contributed by atoms with E-state index >= 15 is 0 Å². The van der Waals surface area contributed by atoms with E-state index in [1.165, 1.54) is 26.9 Å².